The molecule has 2 aromatic rings. The van der Waals surface area contributed by atoms with Crippen molar-refractivity contribution in [3.8, 4) is 0 Å². The van der Waals surface area contributed by atoms with Crippen molar-refractivity contribution in [2.45, 2.75) is 12.5 Å². The number of rotatable bonds is 4. The van der Waals surface area contributed by atoms with E-state index in [1.807, 2.05) is 12.1 Å². The van der Waals surface area contributed by atoms with E-state index in [1.54, 1.807) is 31.3 Å². The van der Waals surface area contributed by atoms with Gasteiger partial charge in [-0.25, -0.2) is 4.39 Å². The predicted octanol–water partition coefficient (Wildman–Crippen LogP) is 3.74. The van der Waals surface area contributed by atoms with Gasteiger partial charge >= 0.3 is 0 Å². The first-order chi connectivity index (χ1) is 11.5. The molecule has 0 bridgehead atoms. The molecule has 0 aromatic heterocycles. The van der Waals surface area contributed by atoms with E-state index in [1.165, 1.54) is 17.0 Å². The van der Waals surface area contributed by atoms with Crippen LogP contribution in [0.4, 0.5) is 4.39 Å². The Labute approximate surface area is 144 Å². The highest BCUT2D eigenvalue weighted by Gasteiger charge is 2.26. The number of likely N-dealkylation sites (N-methyl/N-ethyl adjacent to an activating group) is 1. The molecule has 0 aliphatic carbocycles. The van der Waals surface area contributed by atoms with Crippen LogP contribution in [-0.4, -0.2) is 36.2 Å². The zero-order valence-corrected chi connectivity index (χ0v) is 13.8. The maximum absolute atomic E-state index is 13.7. The fraction of sp³-hybridized carbons (Fsp3) is 0.222. The molecule has 1 atom stereocenters. The standard InChI is InChI=1S/C18H16ClFN2O2/c1-22(18(23)15-4-2-3-5-16(15)20)11-14-10-17(21-24-14)12-6-8-13(19)9-7-12/h2-9,14H,10-11H2,1H3/t14-/m0/s1. The van der Waals surface area contributed by atoms with Gasteiger partial charge in [-0.05, 0) is 29.8 Å². The minimum absolute atomic E-state index is 0.0526. The molecule has 2 aromatic carbocycles. The lowest BCUT2D eigenvalue weighted by Crippen LogP contribution is -2.35. The monoisotopic (exact) mass is 346 g/mol. The van der Waals surface area contributed by atoms with Gasteiger partial charge < -0.3 is 9.74 Å². The summed E-state index contributed by atoms with van der Waals surface area (Å²) in [6, 6.07) is 13.3. The van der Waals surface area contributed by atoms with E-state index in [0.717, 1.165) is 11.3 Å². The number of halogens is 2. The summed E-state index contributed by atoms with van der Waals surface area (Å²) in [4.78, 5) is 19.2. The SMILES string of the molecule is CN(C[C@@H]1CC(c2ccc(Cl)cc2)=NO1)C(=O)c1ccccc1F. The lowest BCUT2D eigenvalue weighted by atomic mass is 10.0. The van der Waals surface area contributed by atoms with Crippen molar-refractivity contribution in [3.05, 3.63) is 70.5 Å². The Morgan fingerprint density at radius 3 is 2.71 bits per heavy atom. The Kier molecular flexibility index (Phi) is 4.81. The fourth-order valence-electron chi connectivity index (χ4n) is 2.57. The lowest BCUT2D eigenvalue weighted by molar-refractivity contribution is 0.0479. The van der Waals surface area contributed by atoms with Gasteiger partial charge in [-0.15, -0.1) is 0 Å². The summed E-state index contributed by atoms with van der Waals surface area (Å²) in [5.74, 6) is -0.906. The van der Waals surface area contributed by atoms with Crippen LogP contribution in [0.25, 0.3) is 0 Å². The number of hydrogen-bond acceptors (Lipinski definition) is 3. The van der Waals surface area contributed by atoms with Gasteiger partial charge in [0.15, 0.2) is 6.10 Å². The molecule has 24 heavy (non-hydrogen) atoms. The summed E-state index contributed by atoms with van der Waals surface area (Å²) in [7, 11) is 1.62. The van der Waals surface area contributed by atoms with Crippen LogP contribution >= 0.6 is 11.6 Å². The molecule has 6 heteroatoms. The third kappa shape index (κ3) is 3.57. The number of amides is 1. The van der Waals surface area contributed by atoms with Crippen molar-refractivity contribution in [3.63, 3.8) is 0 Å². The summed E-state index contributed by atoms with van der Waals surface area (Å²) in [6.45, 7) is 0.327. The van der Waals surface area contributed by atoms with E-state index in [-0.39, 0.29) is 17.6 Å². The van der Waals surface area contributed by atoms with Crippen molar-refractivity contribution in [2.75, 3.05) is 13.6 Å². The van der Waals surface area contributed by atoms with Gasteiger partial charge in [0.05, 0.1) is 17.8 Å². The van der Waals surface area contributed by atoms with E-state index >= 15 is 0 Å². The summed E-state index contributed by atoms with van der Waals surface area (Å²) in [6.07, 6.45) is 0.327. The summed E-state index contributed by atoms with van der Waals surface area (Å²) in [5, 5.41) is 4.74. The van der Waals surface area contributed by atoms with Crippen molar-refractivity contribution < 1.29 is 14.0 Å². The maximum Gasteiger partial charge on any atom is 0.256 e. The molecular weight excluding hydrogens is 331 g/mol. The van der Waals surface area contributed by atoms with Crippen LogP contribution in [0.2, 0.25) is 5.02 Å². The molecule has 1 heterocycles. The van der Waals surface area contributed by atoms with Crippen LogP contribution in [0.5, 0.6) is 0 Å². The van der Waals surface area contributed by atoms with Crippen LogP contribution in [0.1, 0.15) is 22.3 Å². The Balaban J connectivity index is 1.61. The number of oxime groups is 1. The van der Waals surface area contributed by atoms with Gasteiger partial charge in [0, 0.05) is 18.5 Å². The molecule has 0 unspecified atom stereocenters. The molecule has 3 rings (SSSR count). The second-order valence-electron chi connectivity index (χ2n) is 5.64. The highest BCUT2D eigenvalue weighted by atomic mass is 35.5. The van der Waals surface area contributed by atoms with Crippen molar-refractivity contribution in [2.24, 2.45) is 5.16 Å². The minimum Gasteiger partial charge on any atom is -0.390 e. The van der Waals surface area contributed by atoms with Gasteiger partial charge in [0.1, 0.15) is 5.82 Å². The number of carbonyl (C=O) groups is 1. The molecular formula is C18H16ClFN2O2. The van der Waals surface area contributed by atoms with Gasteiger partial charge in [0.25, 0.3) is 5.91 Å². The number of hydrogen-bond donors (Lipinski definition) is 0. The zero-order chi connectivity index (χ0) is 17.1. The maximum atomic E-state index is 13.7. The molecule has 0 radical (unpaired) electrons. The Morgan fingerprint density at radius 1 is 1.29 bits per heavy atom. The van der Waals surface area contributed by atoms with E-state index in [4.69, 9.17) is 16.4 Å². The first-order valence-electron chi connectivity index (χ1n) is 7.53. The normalized spacial score (nSPS) is 16.5. The van der Waals surface area contributed by atoms with Crippen LogP contribution in [-0.2, 0) is 4.84 Å². The summed E-state index contributed by atoms with van der Waals surface area (Å²) in [5.41, 5.74) is 1.80. The van der Waals surface area contributed by atoms with Gasteiger partial charge in [-0.1, -0.05) is 41.0 Å². The molecule has 0 saturated carbocycles. The third-order valence-corrected chi connectivity index (χ3v) is 4.09. The number of benzene rings is 2. The molecule has 4 nitrogen and oxygen atoms in total. The highest BCUT2D eigenvalue weighted by Crippen LogP contribution is 2.20. The molecule has 1 aliphatic heterocycles. The van der Waals surface area contributed by atoms with E-state index in [0.29, 0.717) is 18.0 Å². The molecule has 0 N–H and O–H groups in total. The van der Waals surface area contributed by atoms with Crippen LogP contribution in [0.15, 0.2) is 53.7 Å². The van der Waals surface area contributed by atoms with Crippen LogP contribution in [0, 0.1) is 5.82 Å². The minimum atomic E-state index is -0.528. The number of nitrogens with zero attached hydrogens (tertiary/aromatic N) is 2. The first-order valence-corrected chi connectivity index (χ1v) is 7.91. The summed E-state index contributed by atoms with van der Waals surface area (Å²) < 4.78 is 13.7. The smallest absolute Gasteiger partial charge is 0.256 e. The summed E-state index contributed by atoms with van der Waals surface area (Å²) >= 11 is 5.88. The van der Waals surface area contributed by atoms with Crippen molar-refractivity contribution in [1.29, 1.82) is 0 Å². The molecule has 1 aliphatic rings. The Hall–Kier alpha value is -2.40. The van der Waals surface area contributed by atoms with E-state index in [9.17, 15) is 9.18 Å². The fourth-order valence-corrected chi connectivity index (χ4v) is 2.69. The van der Waals surface area contributed by atoms with Gasteiger partial charge in [-0.3, -0.25) is 4.79 Å². The largest absolute Gasteiger partial charge is 0.390 e. The van der Waals surface area contributed by atoms with E-state index < -0.39 is 5.82 Å². The second-order valence-corrected chi connectivity index (χ2v) is 6.08. The average Bonchev–Trinajstić information content (AvgIpc) is 3.04. The third-order valence-electron chi connectivity index (χ3n) is 3.84. The topological polar surface area (TPSA) is 41.9 Å². The molecule has 124 valence electrons. The highest BCUT2D eigenvalue weighted by molar-refractivity contribution is 6.30. The Morgan fingerprint density at radius 2 is 2.00 bits per heavy atom. The predicted molar refractivity (Wildman–Crippen MR) is 90.8 cm³/mol. The first kappa shape index (κ1) is 16.5. The van der Waals surface area contributed by atoms with Gasteiger partial charge in [-0.2, -0.15) is 0 Å². The Bertz CT molecular complexity index is 777. The van der Waals surface area contributed by atoms with Crippen LogP contribution < -0.4 is 0 Å². The van der Waals surface area contributed by atoms with Crippen molar-refractivity contribution >= 4 is 23.2 Å². The van der Waals surface area contributed by atoms with Crippen molar-refractivity contribution in [1.82, 2.24) is 4.90 Å². The van der Waals surface area contributed by atoms with E-state index in [2.05, 4.69) is 5.16 Å². The molecule has 0 spiro atoms. The van der Waals surface area contributed by atoms with Gasteiger partial charge in [0.2, 0.25) is 0 Å². The molecule has 1 amide bonds. The quantitative estimate of drug-likeness (QED) is 0.846. The van der Waals surface area contributed by atoms with Crippen LogP contribution in [0.3, 0.4) is 0 Å². The number of carbonyl (C=O) groups excluding carboxylic acids is 1. The lowest BCUT2D eigenvalue weighted by Gasteiger charge is -2.20. The molecule has 0 saturated heterocycles. The second kappa shape index (κ2) is 7.01. The molecule has 0 fully saturated rings. The average molecular weight is 347 g/mol. The zero-order valence-electron chi connectivity index (χ0n) is 13.1.